The Morgan fingerprint density at radius 2 is 1.86 bits per heavy atom. The highest BCUT2D eigenvalue weighted by Crippen LogP contribution is 2.31. The van der Waals surface area contributed by atoms with E-state index in [9.17, 15) is 13.2 Å². The van der Waals surface area contributed by atoms with Crippen LogP contribution in [0.2, 0.25) is 0 Å². The van der Waals surface area contributed by atoms with Gasteiger partial charge in [0.25, 0.3) is 0 Å². The fourth-order valence-corrected chi connectivity index (χ4v) is 1.89. The SMILES string of the molecule is CCC(N)Cc1cnc(-c2cccc(C(F)(F)F)c2)nc1. The molecule has 1 aromatic heterocycles. The van der Waals surface area contributed by atoms with Gasteiger partial charge in [0.05, 0.1) is 5.56 Å². The van der Waals surface area contributed by atoms with Crippen molar-refractivity contribution in [3.05, 3.63) is 47.8 Å². The Bertz CT molecular complexity index is 594. The summed E-state index contributed by atoms with van der Waals surface area (Å²) in [5.41, 5.74) is 6.35. The first-order valence-electron chi connectivity index (χ1n) is 6.64. The maximum atomic E-state index is 12.7. The molecule has 0 aliphatic carbocycles. The molecule has 3 nitrogen and oxygen atoms in total. The zero-order chi connectivity index (χ0) is 15.5. The number of nitrogens with zero attached hydrogens (tertiary/aromatic N) is 2. The van der Waals surface area contributed by atoms with E-state index in [1.165, 1.54) is 6.07 Å². The number of hydrogen-bond donors (Lipinski definition) is 1. The van der Waals surface area contributed by atoms with Crippen LogP contribution in [0, 0.1) is 0 Å². The molecule has 0 aliphatic rings. The molecule has 112 valence electrons. The summed E-state index contributed by atoms with van der Waals surface area (Å²) < 4.78 is 38.0. The highest BCUT2D eigenvalue weighted by atomic mass is 19.4. The fourth-order valence-electron chi connectivity index (χ4n) is 1.89. The maximum Gasteiger partial charge on any atom is 0.416 e. The summed E-state index contributed by atoms with van der Waals surface area (Å²) in [6, 6.07) is 5.02. The van der Waals surface area contributed by atoms with E-state index in [1.807, 2.05) is 6.92 Å². The van der Waals surface area contributed by atoms with Crippen molar-refractivity contribution in [2.75, 3.05) is 0 Å². The van der Waals surface area contributed by atoms with Gasteiger partial charge in [0.1, 0.15) is 0 Å². The zero-order valence-electron chi connectivity index (χ0n) is 11.6. The van der Waals surface area contributed by atoms with Crippen LogP contribution in [0.1, 0.15) is 24.5 Å². The highest BCUT2D eigenvalue weighted by Gasteiger charge is 2.30. The summed E-state index contributed by atoms with van der Waals surface area (Å²) in [6.07, 6.45) is 0.342. The molecule has 0 saturated carbocycles. The van der Waals surface area contributed by atoms with Gasteiger partial charge < -0.3 is 5.73 Å². The minimum absolute atomic E-state index is 0.0352. The van der Waals surface area contributed by atoms with Crippen LogP contribution in [0.5, 0.6) is 0 Å². The van der Waals surface area contributed by atoms with Crippen molar-refractivity contribution in [2.45, 2.75) is 32.0 Å². The smallest absolute Gasteiger partial charge is 0.327 e. The molecule has 0 bridgehead atoms. The summed E-state index contributed by atoms with van der Waals surface area (Å²) in [7, 11) is 0. The van der Waals surface area contributed by atoms with Crippen molar-refractivity contribution in [1.82, 2.24) is 9.97 Å². The molecule has 0 aliphatic heterocycles. The van der Waals surface area contributed by atoms with E-state index >= 15 is 0 Å². The lowest BCUT2D eigenvalue weighted by Crippen LogP contribution is -2.21. The summed E-state index contributed by atoms with van der Waals surface area (Å²) in [6.45, 7) is 1.99. The molecule has 1 aromatic carbocycles. The van der Waals surface area contributed by atoms with E-state index in [-0.39, 0.29) is 11.9 Å². The number of nitrogens with two attached hydrogens (primary N) is 1. The summed E-state index contributed by atoms with van der Waals surface area (Å²) in [4.78, 5) is 8.25. The van der Waals surface area contributed by atoms with Gasteiger partial charge in [0.2, 0.25) is 0 Å². The average Bonchev–Trinajstić information content (AvgIpc) is 2.47. The second-order valence-electron chi connectivity index (χ2n) is 4.87. The molecule has 6 heteroatoms. The van der Waals surface area contributed by atoms with Crippen molar-refractivity contribution in [1.29, 1.82) is 0 Å². The molecule has 0 saturated heterocycles. The van der Waals surface area contributed by atoms with Crippen LogP contribution in [0.4, 0.5) is 13.2 Å². The summed E-state index contributed by atoms with van der Waals surface area (Å²) in [5, 5.41) is 0. The predicted molar refractivity (Wildman–Crippen MR) is 74.4 cm³/mol. The molecule has 0 amide bonds. The molecule has 21 heavy (non-hydrogen) atoms. The van der Waals surface area contributed by atoms with E-state index in [0.29, 0.717) is 12.0 Å². The van der Waals surface area contributed by atoms with Crippen LogP contribution in [0.15, 0.2) is 36.7 Å². The predicted octanol–water partition coefficient (Wildman–Crippen LogP) is 3.44. The molecular formula is C15H16F3N3. The zero-order valence-corrected chi connectivity index (χ0v) is 11.6. The van der Waals surface area contributed by atoms with Gasteiger partial charge in [-0.3, -0.25) is 0 Å². The van der Waals surface area contributed by atoms with E-state index in [1.54, 1.807) is 18.5 Å². The number of alkyl halides is 3. The Morgan fingerprint density at radius 1 is 1.19 bits per heavy atom. The topological polar surface area (TPSA) is 51.8 Å². The molecule has 1 atom stereocenters. The lowest BCUT2D eigenvalue weighted by Gasteiger charge is -2.09. The van der Waals surface area contributed by atoms with Crippen molar-refractivity contribution in [2.24, 2.45) is 5.73 Å². The van der Waals surface area contributed by atoms with Gasteiger partial charge in [-0.15, -0.1) is 0 Å². The van der Waals surface area contributed by atoms with Gasteiger partial charge >= 0.3 is 6.18 Å². The molecule has 1 heterocycles. The number of hydrogen-bond acceptors (Lipinski definition) is 3. The van der Waals surface area contributed by atoms with Crippen LogP contribution in [-0.4, -0.2) is 16.0 Å². The first-order valence-corrected chi connectivity index (χ1v) is 6.64. The molecular weight excluding hydrogens is 279 g/mol. The first-order chi connectivity index (χ1) is 9.90. The first kappa shape index (κ1) is 15.4. The van der Waals surface area contributed by atoms with Gasteiger partial charge in [-0.25, -0.2) is 9.97 Å². The van der Waals surface area contributed by atoms with Gasteiger partial charge in [-0.05, 0) is 30.5 Å². The van der Waals surface area contributed by atoms with Crippen LogP contribution >= 0.6 is 0 Å². The normalized spacial score (nSPS) is 13.2. The van der Waals surface area contributed by atoms with E-state index < -0.39 is 11.7 Å². The minimum Gasteiger partial charge on any atom is -0.327 e. The standard InChI is InChI=1S/C15H16F3N3/c1-2-13(19)6-10-8-20-14(21-9-10)11-4-3-5-12(7-11)15(16,17)18/h3-5,7-9,13H,2,6,19H2,1H3. The highest BCUT2D eigenvalue weighted by molar-refractivity contribution is 5.56. The van der Waals surface area contributed by atoms with E-state index in [2.05, 4.69) is 9.97 Å². The van der Waals surface area contributed by atoms with Crippen LogP contribution in [-0.2, 0) is 12.6 Å². The van der Waals surface area contributed by atoms with Crippen molar-refractivity contribution in [3.8, 4) is 11.4 Å². The monoisotopic (exact) mass is 295 g/mol. The summed E-state index contributed by atoms with van der Waals surface area (Å²) >= 11 is 0. The number of rotatable bonds is 4. The molecule has 2 N–H and O–H groups in total. The van der Waals surface area contributed by atoms with Crippen molar-refractivity contribution in [3.63, 3.8) is 0 Å². The van der Waals surface area contributed by atoms with Crippen LogP contribution in [0.3, 0.4) is 0 Å². The second-order valence-corrected chi connectivity index (χ2v) is 4.87. The third-order valence-electron chi connectivity index (χ3n) is 3.18. The largest absolute Gasteiger partial charge is 0.416 e. The third-order valence-corrected chi connectivity index (χ3v) is 3.18. The lowest BCUT2D eigenvalue weighted by atomic mass is 10.1. The Balaban J connectivity index is 2.23. The minimum atomic E-state index is -4.37. The number of benzene rings is 1. The number of halogens is 3. The molecule has 0 radical (unpaired) electrons. The van der Waals surface area contributed by atoms with Gasteiger partial charge in [-0.1, -0.05) is 19.1 Å². The van der Waals surface area contributed by atoms with Gasteiger partial charge in [0, 0.05) is 24.0 Å². The quantitative estimate of drug-likeness (QED) is 0.940. The Labute approximate surface area is 121 Å². The van der Waals surface area contributed by atoms with Crippen molar-refractivity contribution >= 4 is 0 Å². The Kier molecular flexibility index (Phi) is 4.57. The Morgan fingerprint density at radius 3 is 2.43 bits per heavy atom. The maximum absolute atomic E-state index is 12.7. The molecule has 2 aromatic rings. The third kappa shape index (κ3) is 4.01. The van der Waals surface area contributed by atoms with E-state index in [4.69, 9.17) is 5.73 Å². The molecule has 0 fully saturated rings. The lowest BCUT2D eigenvalue weighted by molar-refractivity contribution is -0.137. The summed E-state index contributed by atoms with van der Waals surface area (Å²) in [5.74, 6) is 0.273. The average molecular weight is 295 g/mol. The number of aromatic nitrogens is 2. The van der Waals surface area contributed by atoms with Crippen LogP contribution in [0.25, 0.3) is 11.4 Å². The fraction of sp³-hybridized carbons (Fsp3) is 0.333. The van der Waals surface area contributed by atoms with Crippen molar-refractivity contribution < 1.29 is 13.2 Å². The molecule has 0 spiro atoms. The Hall–Kier alpha value is -1.95. The second kappa shape index (κ2) is 6.22. The molecule has 2 rings (SSSR count). The molecule has 1 unspecified atom stereocenters. The van der Waals surface area contributed by atoms with Crippen LogP contribution < -0.4 is 5.73 Å². The van der Waals surface area contributed by atoms with E-state index in [0.717, 1.165) is 24.1 Å². The van der Waals surface area contributed by atoms with Gasteiger partial charge in [0.15, 0.2) is 5.82 Å². The van der Waals surface area contributed by atoms with Gasteiger partial charge in [-0.2, -0.15) is 13.2 Å².